The van der Waals surface area contributed by atoms with Gasteiger partial charge >= 0.3 is 0 Å². The van der Waals surface area contributed by atoms with Gasteiger partial charge < -0.3 is 19.3 Å². The molecule has 7 heteroatoms. The lowest BCUT2D eigenvalue weighted by molar-refractivity contribution is -0.166. The first-order valence-corrected chi connectivity index (χ1v) is 8.62. The Balaban J connectivity index is 1.85. The fourth-order valence-electron chi connectivity index (χ4n) is 4.24. The van der Waals surface area contributed by atoms with Crippen molar-refractivity contribution in [2.75, 3.05) is 13.8 Å². The van der Waals surface area contributed by atoms with Crippen LogP contribution in [0, 0.1) is 16.7 Å². The van der Waals surface area contributed by atoms with Gasteiger partial charge in [0.1, 0.15) is 11.6 Å². The molecule has 3 aliphatic heterocycles. The Hall–Kier alpha value is -2.75. The minimum atomic E-state index is -0.955. The van der Waals surface area contributed by atoms with Crippen molar-refractivity contribution in [2.24, 2.45) is 5.41 Å². The number of nitriles is 1. The standard InChI is InChI=1S/C19H21N3O4/c1-18(2)17(24)22-12(16(23)21(18)4)8-19(3,9-20)15(22)11-5-6-13-14(7-11)26-10-25-13/h5-7,12,15H,8,10H2,1-4H3/t12?,15-,19+/m1/s1. The normalized spacial score (nSPS) is 31.8. The monoisotopic (exact) mass is 355 g/mol. The number of hydrogen-bond donors (Lipinski definition) is 0. The zero-order chi connectivity index (χ0) is 18.9. The summed E-state index contributed by atoms with van der Waals surface area (Å²) in [5, 5.41) is 9.90. The van der Waals surface area contributed by atoms with E-state index >= 15 is 0 Å². The highest BCUT2D eigenvalue weighted by atomic mass is 16.7. The van der Waals surface area contributed by atoms with Gasteiger partial charge in [0.05, 0.1) is 17.5 Å². The van der Waals surface area contributed by atoms with Gasteiger partial charge in [-0.05, 0) is 44.9 Å². The van der Waals surface area contributed by atoms with Crippen LogP contribution in [0.1, 0.15) is 38.8 Å². The minimum absolute atomic E-state index is 0.126. The average molecular weight is 355 g/mol. The number of benzene rings is 1. The fraction of sp³-hybridized carbons (Fsp3) is 0.526. The second kappa shape index (κ2) is 5.13. The quantitative estimate of drug-likeness (QED) is 0.768. The maximum absolute atomic E-state index is 13.3. The third kappa shape index (κ3) is 1.99. The van der Waals surface area contributed by atoms with Gasteiger partial charge in [-0.3, -0.25) is 9.59 Å². The van der Waals surface area contributed by atoms with Gasteiger partial charge in [-0.15, -0.1) is 0 Å². The lowest BCUT2D eigenvalue weighted by Crippen LogP contribution is -2.66. The average Bonchev–Trinajstić information content (AvgIpc) is 3.20. The minimum Gasteiger partial charge on any atom is -0.454 e. The molecular formula is C19H21N3O4. The Labute approximate surface area is 152 Å². The molecule has 0 aliphatic carbocycles. The highest BCUT2D eigenvalue weighted by molar-refractivity contribution is 6.00. The van der Waals surface area contributed by atoms with Crippen LogP contribution in [0.2, 0.25) is 0 Å². The topological polar surface area (TPSA) is 82.9 Å². The van der Waals surface area contributed by atoms with Crippen molar-refractivity contribution in [1.82, 2.24) is 9.80 Å². The van der Waals surface area contributed by atoms with E-state index in [2.05, 4.69) is 6.07 Å². The van der Waals surface area contributed by atoms with Crippen molar-refractivity contribution in [2.45, 2.75) is 44.8 Å². The van der Waals surface area contributed by atoms with E-state index in [4.69, 9.17) is 9.47 Å². The summed E-state index contributed by atoms with van der Waals surface area (Å²) in [6, 6.07) is 6.67. The molecule has 1 aromatic carbocycles. The first-order valence-electron chi connectivity index (χ1n) is 8.62. The van der Waals surface area contributed by atoms with Gasteiger partial charge in [0.2, 0.25) is 18.6 Å². The number of nitrogens with zero attached hydrogens (tertiary/aromatic N) is 3. The van der Waals surface area contributed by atoms with Gasteiger partial charge in [0.25, 0.3) is 0 Å². The number of rotatable bonds is 1. The van der Waals surface area contributed by atoms with E-state index in [1.54, 1.807) is 31.9 Å². The molecule has 3 aliphatic rings. The number of carbonyl (C=O) groups excluding carboxylic acids is 2. The van der Waals surface area contributed by atoms with E-state index < -0.39 is 23.0 Å². The zero-order valence-electron chi connectivity index (χ0n) is 15.3. The second-order valence-electron chi connectivity index (χ2n) is 7.93. The summed E-state index contributed by atoms with van der Waals surface area (Å²) in [4.78, 5) is 29.3. The van der Waals surface area contributed by atoms with Crippen LogP contribution in [0.3, 0.4) is 0 Å². The summed E-state index contributed by atoms with van der Waals surface area (Å²) >= 11 is 0. The van der Waals surface area contributed by atoms with E-state index in [0.29, 0.717) is 17.9 Å². The molecular weight excluding hydrogens is 334 g/mol. The van der Waals surface area contributed by atoms with Crippen LogP contribution in [0.5, 0.6) is 11.5 Å². The molecule has 0 spiro atoms. The van der Waals surface area contributed by atoms with Gasteiger partial charge in [-0.2, -0.15) is 5.26 Å². The summed E-state index contributed by atoms with van der Waals surface area (Å²) in [6.07, 6.45) is 0.313. The van der Waals surface area contributed by atoms with Crippen molar-refractivity contribution >= 4 is 11.8 Å². The Bertz CT molecular complexity index is 859. The summed E-state index contributed by atoms with van der Waals surface area (Å²) in [5.74, 6) is 0.965. The Kier molecular flexibility index (Phi) is 3.30. The number of piperazine rings is 1. The van der Waals surface area contributed by atoms with Crippen molar-refractivity contribution < 1.29 is 19.1 Å². The van der Waals surface area contributed by atoms with Gasteiger partial charge in [0.15, 0.2) is 11.5 Å². The van der Waals surface area contributed by atoms with E-state index in [0.717, 1.165) is 5.56 Å². The molecule has 7 nitrogen and oxygen atoms in total. The molecule has 0 aromatic heterocycles. The predicted octanol–water partition coefficient (Wildman–Crippen LogP) is 1.84. The number of ether oxygens (including phenoxy) is 2. The number of likely N-dealkylation sites (N-methyl/N-ethyl adjacent to an activating group) is 1. The molecule has 26 heavy (non-hydrogen) atoms. The van der Waals surface area contributed by atoms with E-state index in [1.807, 2.05) is 19.1 Å². The largest absolute Gasteiger partial charge is 0.454 e. The maximum Gasteiger partial charge on any atom is 0.249 e. The summed E-state index contributed by atoms with van der Waals surface area (Å²) in [5.41, 5.74) is -1.05. The maximum atomic E-state index is 13.3. The zero-order valence-corrected chi connectivity index (χ0v) is 15.3. The molecule has 3 atom stereocenters. The number of hydrogen-bond acceptors (Lipinski definition) is 5. The number of carbonyl (C=O) groups is 2. The first kappa shape index (κ1) is 16.7. The number of amides is 2. The van der Waals surface area contributed by atoms with E-state index in [1.165, 1.54) is 4.90 Å². The summed E-state index contributed by atoms with van der Waals surface area (Å²) in [7, 11) is 1.65. The Morgan fingerprint density at radius 3 is 2.58 bits per heavy atom. The molecule has 0 bridgehead atoms. The lowest BCUT2D eigenvalue weighted by Gasteiger charge is -2.47. The predicted molar refractivity (Wildman–Crippen MR) is 91.1 cm³/mol. The van der Waals surface area contributed by atoms with Crippen molar-refractivity contribution in [3.8, 4) is 17.6 Å². The smallest absolute Gasteiger partial charge is 0.249 e. The fourth-order valence-corrected chi connectivity index (χ4v) is 4.24. The highest BCUT2D eigenvalue weighted by Gasteiger charge is 2.61. The third-order valence-corrected chi connectivity index (χ3v) is 6.01. The molecule has 4 rings (SSSR count). The van der Waals surface area contributed by atoms with Crippen molar-refractivity contribution in [3.63, 3.8) is 0 Å². The Morgan fingerprint density at radius 1 is 1.19 bits per heavy atom. The molecule has 0 saturated carbocycles. The number of fused-ring (bicyclic) bond motifs is 2. The van der Waals surface area contributed by atoms with E-state index in [-0.39, 0.29) is 18.6 Å². The highest BCUT2D eigenvalue weighted by Crippen LogP contribution is 2.53. The molecule has 1 aromatic rings. The van der Waals surface area contributed by atoms with Crippen LogP contribution in [-0.4, -0.2) is 47.0 Å². The summed E-state index contributed by atoms with van der Waals surface area (Å²) in [6.45, 7) is 5.44. The SMILES string of the molecule is CN1C(=O)C2C[C@@](C)(C#N)[C@@H](c3ccc4c(c3)OCO4)N2C(=O)C1(C)C. The van der Waals surface area contributed by atoms with Crippen LogP contribution in [-0.2, 0) is 9.59 Å². The van der Waals surface area contributed by atoms with Crippen LogP contribution < -0.4 is 9.47 Å². The second-order valence-corrected chi connectivity index (χ2v) is 7.93. The van der Waals surface area contributed by atoms with Gasteiger partial charge in [0, 0.05) is 7.05 Å². The Morgan fingerprint density at radius 2 is 1.88 bits per heavy atom. The molecule has 136 valence electrons. The van der Waals surface area contributed by atoms with Gasteiger partial charge in [-0.1, -0.05) is 6.07 Å². The molecule has 1 unspecified atom stereocenters. The molecule has 2 amide bonds. The molecule has 2 fully saturated rings. The van der Waals surface area contributed by atoms with Crippen LogP contribution in [0.4, 0.5) is 0 Å². The van der Waals surface area contributed by atoms with Crippen molar-refractivity contribution in [1.29, 1.82) is 5.26 Å². The van der Waals surface area contributed by atoms with Crippen LogP contribution >= 0.6 is 0 Å². The first-order chi connectivity index (χ1) is 12.2. The molecule has 3 heterocycles. The molecule has 2 saturated heterocycles. The molecule has 0 N–H and O–H groups in total. The van der Waals surface area contributed by atoms with E-state index in [9.17, 15) is 14.9 Å². The third-order valence-electron chi connectivity index (χ3n) is 6.01. The summed E-state index contributed by atoms with van der Waals surface area (Å²) < 4.78 is 10.8. The van der Waals surface area contributed by atoms with Crippen molar-refractivity contribution in [3.05, 3.63) is 23.8 Å². The van der Waals surface area contributed by atoms with Crippen LogP contribution in [0.15, 0.2) is 18.2 Å². The molecule has 0 radical (unpaired) electrons. The van der Waals surface area contributed by atoms with Gasteiger partial charge in [-0.25, -0.2) is 0 Å². The lowest BCUT2D eigenvalue weighted by atomic mass is 9.79. The van der Waals surface area contributed by atoms with Crippen LogP contribution in [0.25, 0.3) is 0 Å².